The Bertz CT molecular complexity index is 1750. The number of halogens is 4. The van der Waals surface area contributed by atoms with Crippen LogP contribution >= 0.6 is 0 Å². The molecule has 0 radical (unpaired) electrons. The first-order chi connectivity index (χ1) is 18.9. The van der Waals surface area contributed by atoms with Gasteiger partial charge in [0.15, 0.2) is 0 Å². The Morgan fingerprint density at radius 2 is 1.95 bits per heavy atom. The highest BCUT2D eigenvalue weighted by Gasteiger charge is 2.30. The molecule has 4 aromatic rings. The molecule has 9 nitrogen and oxygen atoms in total. The van der Waals surface area contributed by atoms with Crippen molar-refractivity contribution in [1.29, 1.82) is 0 Å². The number of aryl methyl sites for hydroxylation is 1. The van der Waals surface area contributed by atoms with Gasteiger partial charge in [-0.3, -0.25) is 14.1 Å². The maximum atomic E-state index is 14.8. The van der Waals surface area contributed by atoms with Gasteiger partial charge in [-0.05, 0) is 42.5 Å². The number of rotatable bonds is 7. The molecule has 0 amide bonds. The number of hydrogen-bond acceptors (Lipinski definition) is 7. The zero-order chi connectivity index (χ0) is 28.7. The molecule has 1 atom stereocenters. The summed E-state index contributed by atoms with van der Waals surface area (Å²) in [6.45, 7) is 1.74. The summed E-state index contributed by atoms with van der Waals surface area (Å²) in [6, 6.07) is 8.72. The maximum Gasteiger partial charge on any atom is 0.390 e. The average Bonchev–Trinajstić information content (AvgIpc) is 2.91. The highest BCUT2D eigenvalue weighted by Crippen LogP contribution is 2.34. The van der Waals surface area contributed by atoms with E-state index in [1.54, 1.807) is 25.4 Å². The number of alkyl halides is 3. The molecule has 14 heteroatoms. The normalized spacial score (nSPS) is 16.4. The zero-order valence-corrected chi connectivity index (χ0v) is 22.2. The zero-order valence-electron chi connectivity index (χ0n) is 21.3. The third-order valence-electron chi connectivity index (χ3n) is 6.79. The van der Waals surface area contributed by atoms with Gasteiger partial charge in [0.2, 0.25) is 16.0 Å². The topological polar surface area (TPSA) is 118 Å². The first-order valence-electron chi connectivity index (χ1n) is 12.5. The van der Waals surface area contributed by atoms with Gasteiger partial charge >= 0.3 is 6.18 Å². The summed E-state index contributed by atoms with van der Waals surface area (Å²) in [5, 5.41) is 7.58. The largest absolute Gasteiger partial charge is 0.390 e. The van der Waals surface area contributed by atoms with Gasteiger partial charge in [-0.1, -0.05) is 24.3 Å². The third-order valence-corrected chi connectivity index (χ3v) is 8.05. The molecule has 2 aromatic carbocycles. The van der Waals surface area contributed by atoms with E-state index >= 15 is 0 Å². The van der Waals surface area contributed by atoms with E-state index in [0.29, 0.717) is 27.9 Å². The number of hydrogen-bond donors (Lipinski definition) is 3. The highest BCUT2D eigenvalue weighted by atomic mass is 32.2. The van der Waals surface area contributed by atoms with Crippen molar-refractivity contribution in [3.63, 3.8) is 0 Å². The lowest BCUT2D eigenvalue weighted by Gasteiger charge is -2.23. The second kappa shape index (κ2) is 10.7. The summed E-state index contributed by atoms with van der Waals surface area (Å²) >= 11 is 0. The molecule has 1 unspecified atom stereocenters. The van der Waals surface area contributed by atoms with Crippen LogP contribution in [0.4, 0.5) is 29.2 Å². The molecule has 0 spiro atoms. The Kier molecular flexibility index (Phi) is 7.40. The number of aromatic nitrogens is 3. The summed E-state index contributed by atoms with van der Waals surface area (Å²) in [5.41, 5.74) is 0.125. The van der Waals surface area contributed by atoms with Crippen molar-refractivity contribution in [1.82, 2.24) is 19.9 Å². The molecule has 3 heterocycles. The van der Waals surface area contributed by atoms with Gasteiger partial charge in [0, 0.05) is 42.2 Å². The lowest BCUT2D eigenvalue weighted by Crippen LogP contribution is -2.38. The predicted octanol–water partition coefficient (Wildman–Crippen LogP) is 4.15. The van der Waals surface area contributed by atoms with Crippen LogP contribution in [0.2, 0.25) is 0 Å². The molecule has 0 aliphatic carbocycles. The first kappa shape index (κ1) is 27.8. The Hall–Kier alpha value is -3.78. The Balaban J connectivity index is 1.55. The SMILES string of the molecule is Cn1c(=O)c(-c2cccc3c(NS(=O)(=O)CCC(F)(F)F)c(F)ccc23)cc2cnc(NC3CCCNC3)nc21. The van der Waals surface area contributed by atoms with E-state index in [0.717, 1.165) is 32.0 Å². The molecular formula is C26H26F4N6O3S. The molecule has 5 rings (SSSR count). The van der Waals surface area contributed by atoms with E-state index in [-0.39, 0.29) is 17.0 Å². The van der Waals surface area contributed by atoms with E-state index in [4.69, 9.17) is 0 Å². The van der Waals surface area contributed by atoms with Gasteiger partial charge in [-0.15, -0.1) is 0 Å². The van der Waals surface area contributed by atoms with Crippen LogP contribution in [0.15, 0.2) is 47.4 Å². The highest BCUT2D eigenvalue weighted by molar-refractivity contribution is 7.92. The Morgan fingerprint density at radius 3 is 2.67 bits per heavy atom. The predicted molar refractivity (Wildman–Crippen MR) is 145 cm³/mol. The van der Waals surface area contributed by atoms with Crippen molar-refractivity contribution in [3.05, 3.63) is 58.8 Å². The van der Waals surface area contributed by atoms with Gasteiger partial charge in [0.25, 0.3) is 5.56 Å². The smallest absolute Gasteiger partial charge is 0.350 e. The van der Waals surface area contributed by atoms with Crippen LogP contribution < -0.4 is 20.9 Å². The number of nitrogens with one attached hydrogen (secondary N) is 3. The molecular weight excluding hydrogens is 552 g/mol. The molecule has 1 fully saturated rings. The summed E-state index contributed by atoms with van der Waals surface area (Å²) < 4.78 is 80.6. The first-order valence-corrected chi connectivity index (χ1v) is 14.2. The summed E-state index contributed by atoms with van der Waals surface area (Å²) in [4.78, 5) is 22.4. The van der Waals surface area contributed by atoms with Crippen molar-refractivity contribution in [2.24, 2.45) is 7.05 Å². The van der Waals surface area contributed by atoms with Gasteiger partial charge < -0.3 is 10.6 Å². The molecule has 1 aliphatic heterocycles. The van der Waals surface area contributed by atoms with Crippen molar-refractivity contribution in [3.8, 4) is 11.1 Å². The standard InChI is InChI=1S/C26H26F4N6O3S/c1-36-23-15(13-32-25(34-23)33-16-4-3-10-31-14-16)12-20(24(36)37)17-5-2-6-19-18(17)7-8-21(27)22(19)35-40(38,39)11-9-26(28,29)30/h2,5-8,12-13,16,31,35H,3-4,9-11,14H2,1H3,(H,32,33,34). The Labute approximate surface area is 226 Å². The number of pyridine rings is 1. The number of benzene rings is 2. The van der Waals surface area contributed by atoms with Crippen molar-refractivity contribution in [2.75, 3.05) is 28.9 Å². The minimum Gasteiger partial charge on any atom is -0.350 e. The van der Waals surface area contributed by atoms with Crippen LogP contribution in [0.1, 0.15) is 19.3 Å². The number of sulfonamides is 1. The van der Waals surface area contributed by atoms with E-state index in [1.807, 2.05) is 4.72 Å². The van der Waals surface area contributed by atoms with Crippen LogP contribution in [0, 0.1) is 5.82 Å². The van der Waals surface area contributed by atoms with Crippen molar-refractivity contribution >= 4 is 43.5 Å². The maximum absolute atomic E-state index is 14.8. The molecule has 1 aliphatic rings. The monoisotopic (exact) mass is 578 g/mol. The molecule has 0 bridgehead atoms. The Morgan fingerprint density at radius 1 is 1.15 bits per heavy atom. The second-order valence-electron chi connectivity index (χ2n) is 9.69. The summed E-state index contributed by atoms with van der Waals surface area (Å²) in [5.74, 6) is -1.83. The van der Waals surface area contributed by atoms with Crippen LogP contribution in [0.3, 0.4) is 0 Å². The number of piperidine rings is 1. The van der Waals surface area contributed by atoms with Crippen LogP contribution in [-0.2, 0) is 17.1 Å². The average molecular weight is 579 g/mol. The molecule has 40 heavy (non-hydrogen) atoms. The molecule has 0 saturated carbocycles. The van der Waals surface area contributed by atoms with Crippen LogP contribution in [0.5, 0.6) is 0 Å². The molecule has 1 saturated heterocycles. The number of anilines is 2. The molecule has 2 aromatic heterocycles. The van der Waals surface area contributed by atoms with Gasteiger partial charge in [0.1, 0.15) is 11.5 Å². The fourth-order valence-corrected chi connectivity index (χ4v) is 5.91. The van der Waals surface area contributed by atoms with E-state index < -0.39 is 45.4 Å². The van der Waals surface area contributed by atoms with Gasteiger partial charge in [0.05, 0.1) is 17.9 Å². The fraction of sp³-hybridized carbons (Fsp3) is 0.346. The summed E-state index contributed by atoms with van der Waals surface area (Å²) in [6.07, 6.45) is -2.69. The van der Waals surface area contributed by atoms with Crippen LogP contribution in [0.25, 0.3) is 32.9 Å². The van der Waals surface area contributed by atoms with Crippen molar-refractivity contribution in [2.45, 2.75) is 31.5 Å². The lowest BCUT2D eigenvalue weighted by atomic mass is 9.97. The minimum atomic E-state index is -4.69. The van der Waals surface area contributed by atoms with Gasteiger partial charge in [-0.25, -0.2) is 17.8 Å². The number of fused-ring (bicyclic) bond motifs is 2. The summed E-state index contributed by atoms with van der Waals surface area (Å²) in [7, 11) is -2.95. The van der Waals surface area contributed by atoms with E-state index in [1.165, 1.54) is 22.8 Å². The quantitative estimate of drug-likeness (QED) is 0.282. The number of nitrogens with zero attached hydrogens (tertiary/aromatic N) is 3. The van der Waals surface area contributed by atoms with Crippen LogP contribution in [-0.4, -0.2) is 54.0 Å². The van der Waals surface area contributed by atoms with E-state index in [2.05, 4.69) is 20.6 Å². The third kappa shape index (κ3) is 5.87. The molecule has 3 N–H and O–H groups in total. The van der Waals surface area contributed by atoms with E-state index in [9.17, 15) is 30.8 Å². The minimum absolute atomic E-state index is 0.0899. The van der Waals surface area contributed by atoms with Crippen molar-refractivity contribution < 1.29 is 26.0 Å². The second-order valence-corrected chi connectivity index (χ2v) is 11.5. The van der Waals surface area contributed by atoms with Gasteiger partial charge in [-0.2, -0.15) is 18.2 Å². The fourth-order valence-electron chi connectivity index (χ4n) is 4.79. The molecule has 212 valence electrons. The lowest BCUT2D eigenvalue weighted by molar-refractivity contribution is -0.129.